The highest BCUT2D eigenvalue weighted by atomic mass is 19.4. The smallest absolute Gasteiger partial charge is 0.394 e. The molecular weight excluding hydrogens is 209 g/mol. The lowest BCUT2D eigenvalue weighted by atomic mass is 10.0. The quantitative estimate of drug-likeness (QED) is 0.707. The fourth-order valence-electron chi connectivity index (χ4n) is 1.55. The topological polar surface area (TPSA) is 35.5 Å². The maximum atomic E-state index is 12.0. The molecule has 0 radical (unpaired) electrons. The van der Waals surface area contributed by atoms with Crippen LogP contribution < -0.4 is 5.32 Å². The van der Waals surface area contributed by atoms with Crippen molar-refractivity contribution in [1.29, 1.82) is 0 Å². The monoisotopic (exact) mass is 228 g/mol. The van der Waals surface area contributed by atoms with Crippen molar-refractivity contribution in [3.63, 3.8) is 0 Å². The second-order valence-corrected chi connectivity index (χ2v) is 4.04. The van der Waals surface area contributed by atoms with E-state index in [0.717, 1.165) is 4.90 Å². The van der Waals surface area contributed by atoms with E-state index in [9.17, 15) is 13.2 Å². The van der Waals surface area contributed by atoms with Crippen LogP contribution in [0.4, 0.5) is 13.2 Å². The minimum atomic E-state index is -4.20. The fraction of sp³-hybridized carbons (Fsp3) is 1.00. The molecular formula is C9H19F3N2O. The predicted octanol–water partition coefficient (Wildman–Crippen LogP) is 0.841. The van der Waals surface area contributed by atoms with E-state index in [2.05, 4.69) is 5.32 Å². The van der Waals surface area contributed by atoms with Crippen LogP contribution in [0.15, 0.2) is 0 Å². The Bertz CT molecular complexity index is 187. The number of hydrogen-bond donors (Lipinski definition) is 2. The Balaban J connectivity index is 4.18. The normalized spacial score (nSPS) is 16.8. The SMILES string of the molecule is CCNC(C)(CO)CN(C)CC(F)(F)F. The van der Waals surface area contributed by atoms with Gasteiger partial charge in [-0.05, 0) is 20.5 Å². The van der Waals surface area contributed by atoms with E-state index in [-0.39, 0.29) is 13.2 Å². The van der Waals surface area contributed by atoms with Gasteiger partial charge >= 0.3 is 6.18 Å². The molecule has 92 valence electrons. The Kier molecular flexibility index (Phi) is 5.55. The molecule has 0 saturated heterocycles. The van der Waals surface area contributed by atoms with E-state index in [0.29, 0.717) is 6.54 Å². The summed E-state index contributed by atoms with van der Waals surface area (Å²) in [5.41, 5.74) is -0.686. The summed E-state index contributed by atoms with van der Waals surface area (Å²) in [7, 11) is 1.39. The molecule has 0 heterocycles. The largest absolute Gasteiger partial charge is 0.401 e. The van der Waals surface area contributed by atoms with Crippen LogP contribution in [0.5, 0.6) is 0 Å². The molecule has 6 heteroatoms. The van der Waals surface area contributed by atoms with E-state index in [1.165, 1.54) is 7.05 Å². The van der Waals surface area contributed by atoms with E-state index in [1.807, 2.05) is 6.92 Å². The number of halogens is 3. The fourth-order valence-corrected chi connectivity index (χ4v) is 1.55. The number of likely N-dealkylation sites (N-methyl/N-ethyl adjacent to an activating group) is 2. The van der Waals surface area contributed by atoms with Crippen molar-refractivity contribution in [1.82, 2.24) is 10.2 Å². The van der Waals surface area contributed by atoms with Gasteiger partial charge in [0.05, 0.1) is 18.7 Å². The van der Waals surface area contributed by atoms with Gasteiger partial charge in [-0.1, -0.05) is 6.92 Å². The number of aliphatic hydroxyl groups excluding tert-OH is 1. The molecule has 0 aromatic carbocycles. The molecule has 0 saturated carbocycles. The number of rotatable bonds is 6. The molecule has 0 aliphatic heterocycles. The first-order valence-corrected chi connectivity index (χ1v) is 4.83. The van der Waals surface area contributed by atoms with Crippen LogP contribution in [0.25, 0.3) is 0 Å². The molecule has 3 nitrogen and oxygen atoms in total. The molecule has 0 aromatic heterocycles. The lowest BCUT2D eigenvalue weighted by Gasteiger charge is -2.33. The predicted molar refractivity (Wildman–Crippen MR) is 52.7 cm³/mol. The standard InChI is InChI=1S/C9H19F3N2O/c1-4-13-8(2,7-15)5-14(3)6-9(10,11)12/h13,15H,4-7H2,1-3H3. The van der Waals surface area contributed by atoms with Crippen molar-refractivity contribution in [3.05, 3.63) is 0 Å². The maximum Gasteiger partial charge on any atom is 0.401 e. The molecule has 0 amide bonds. The summed E-state index contributed by atoms with van der Waals surface area (Å²) in [6.07, 6.45) is -4.20. The Hall–Kier alpha value is -0.330. The van der Waals surface area contributed by atoms with Gasteiger partial charge in [0.2, 0.25) is 0 Å². The van der Waals surface area contributed by atoms with E-state index in [4.69, 9.17) is 5.11 Å². The van der Waals surface area contributed by atoms with Gasteiger partial charge < -0.3 is 10.4 Å². The molecule has 1 unspecified atom stereocenters. The third-order valence-electron chi connectivity index (χ3n) is 2.02. The summed E-state index contributed by atoms with van der Waals surface area (Å²) in [6, 6.07) is 0. The Morgan fingerprint density at radius 3 is 2.13 bits per heavy atom. The second-order valence-electron chi connectivity index (χ2n) is 4.04. The van der Waals surface area contributed by atoms with Gasteiger partial charge in [-0.15, -0.1) is 0 Å². The van der Waals surface area contributed by atoms with Crippen LogP contribution in [0.2, 0.25) is 0 Å². The van der Waals surface area contributed by atoms with Crippen molar-refractivity contribution < 1.29 is 18.3 Å². The third-order valence-corrected chi connectivity index (χ3v) is 2.02. The van der Waals surface area contributed by atoms with Gasteiger partial charge in [0.1, 0.15) is 0 Å². The van der Waals surface area contributed by atoms with Crippen molar-refractivity contribution in [3.8, 4) is 0 Å². The minimum Gasteiger partial charge on any atom is -0.394 e. The highest BCUT2D eigenvalue weighted by molar-refractivity contribution is 4.85. The number of hydrogen-bond acceptors (Lipinski definition) is 3. The molecule has 0 rings (SSSR count). The minimum absolute atomic E-state index is 0.150. The molecule has 0 aromatic rings. The highest BCUT2D eigenvalue weighted by Gasteiger charge is 2.32. The van der Waals surface area contributed by atoms with E-state index < -0.39 is 18.3 Å². The molecule has 0 aliphatic carbocycles. The first-order chi connectivity index (χ1) is 6.72. The van der Waals surface area contributed by atoms with E-state index >= 15 is 0 Å². The maximum absolute atomic E-state index is 12.0. The van der Waals surface area contributed by atoms with Crippen molar-refractivity contribution in [2.24, 2.45) is 0 Å². The molecule has 0 bridgehead atoms. The average molecular weight is 228 g/mol. The van der Waals surface area contributed by atoms with Crippen molar-refractivity contribution in [2.75, 3.05) is 33.3 Å². The van der Waals surface area contributed by atoms with E-state index in [1.54, 1.807) is 6.92 Å². The first-order valence-electron chi connectivity index (χ1n) is 4.83. The lowest BCUT2D eigenvalue weighted by molar-refractivity contribution is -0.145. The highest BCUT2D eigenvalue weighted by Crippen LogP contribution is 2.16. The zero-order valence-corrected chi connectivity index (χ0v) is 9.36. The summed E-state index contributed by atoms with van der Waals surface area (Å²) in [5, 5.41) is 12.1. The molecule has 1 atom stereocenters. The molecule has 0 fully saturated rings. The van der Waals surface area contributed by atoms with Crippen LogP contribution in [-0.2, 0) is 0 Å². The molecule has 15 heavy (non-hydrogen) atoms. The summed E-state index contributed by atoms with van der Waals surface area (Å²) >= 11 is 0. The second kappa shape index (κ2) is 5.67. The van der Waals surface area contributed by atoms with Gasteiger partial charge in [0, 0.05) is 6.54 Å². The Morgan fingerprint density at radius 1 is 1.27 bits per heavy atom. The number of nitrogens with zero attached hydrogens (tertiary/aromatic N) is 1. The summed E-state index contributed by atoms with van der Waals surface area (Å²) in [5.74, 6) is 0. The van der Waals surface area contributed by atoms with Gasteiger partial charge in [0.25, 0.3) is 0 Å². The molecule has 0 spiro atoms. The molecule has 2 N–H and O–H groups in total. The number of nitrogens with one attached hydrogen (secondary N) is 1. The lowest BCUT2D eigenvalue weighted by Crippen LogP contribution is -2.54. The summed E-state index contributed by atoms with van der Waals surface area (Å²) in [6.45, 7) is 3.14. The van der Waals surface area contributed by atoms with Crippen LogP contribution in [-0.4, -0.2) is 55.0 Å². The van der Waals surface area contributed by atoms with Gasteiger partial charge in [0.15, 0.2) is 0 Å². The van der Waals surface area contributed by atoms with Crippen LogP contribution in [0.3, 0.4) is 0 Å². The van der Waals surface area contributed by atoms with Gasteiger partial charge in [-0.3, -0.25) is 4.90 Å². The Morgan fingerprint density at radius 2 is 1.80 bits per heavy atom. The van der Waals surface area contributed by atoms with Crippen molar-refractivity contribution >= 4 is 0 Å². The van der Waals surface area contributed by atoms with Crippen LogP contribution in [0, 0.1) is 0 Å². The average Bonchev–Trinajstić information content (AvgIpc) is 2.00. The van der Waals surface area contributed by atoms with Crippen LogP contribution >= 0.6 is 0 Å². The first kappa shape index (κ1) is 14.7. The van der Waals surface area contributed by atoms with Crippen molar-refractivity contribution in [2.45, 2.75) is 25.6 Å². The van der Waals surface area contributed by atoms with Gasteiger partial charge in [-0.2, -0.15) is 13.2 Å². The third kappa shape index (κ3) is 6.70. The summed E-state index contributed by atoms with van der Waals surface area (Å²) < 4.78 is 36.1. The zero-order chi connectivity index (χ0) is 12.1. The molecule has 0 aliphatic rings. The number of aliphatic hydroxyl groups is 1. The van der Waals surface area contributed by atoms with Crippen LogP contribution in [0.1, 0.15) is 13.8 Å². The zero-order valence-electron chi connectivity index (χ0n) is 9.36. The number of alkyl halides is 3. The Labute approximate surface area is 88.3 Å². The van der Waals surface area contributed by atoms with Gasteiger partial charge in [-0.25, -0.2) is 0 Å². The summed E-state index contributed by atoms with van der Waals surface area (Å²) in [4.78, 5) is 1.15.